The molecule has 7 N–H and O–H groups in total. The van der Waals surface area contributed by atoms with Crippen LogP contribution in [0.5, 0.6) is 0 Å². The summed E-state index contributed by atoms with van der Waals surface area (Å²) in [4.78, 5) is 32.4. The highest BCUT2D eigenvalue weighted by Gasteiger charge is 2.37. The van der Waals surface area contributed by atoms with Gasteiger partial charge in [-0.05, 0) is 12.8 Å². The lowest BCUT2D eigenvalue weighted by atomic mass is 9.94. The highest BCUT2D eigenvalue weighted by Crippen LogP contribution is 2.11. The predicted octanol–water partition coefficient (Wildman–Crippen LogP) is -3.22. The summed E-state index contributed by atoms with van der Waals surface area (Å²) < 4.78 is 9.44. The van der Waals surface area contributed by atoms with E-state index in [4.69, 9.17) is 19.7 Å². The number of Topliss-reactive ketones (excluding diaryl/α,β-unsaturated/α-hetero) is 1. The normalized spacial score (nSPS) is 19.8. The first-order valence-corrected chi connectivity index (χ1v) is 9.13. The van der Waals surface area contributed by atoms with E-state index in [2.05, 4.69) is 0 Å². The number of aliphatic hydroxyl groups is 5. The molecule has 2 rings (SSSR count). The molecule has 12 heteroatoms. The molecule has 0 saturated carbocycles. The van der Waals surface area contributed by atoms with E-state index in [9.17, 15) is 34.8 Å². The first-order valence-electron chi connectivity index (χ1n) is 9.13. The lowest BCUT2D eigenvalue weighted by molar-refractivity contribution is -0.151. The molecule has 0 spiro atoms. The predicted molar refractivity (Wildman–Crippen MR) is 96.8 cm³/mol. The summed E-state index contributed by atoms with van der Waals surface area (Å²) in [7, 11) is 0. The van der Waals surface area contributed by atoms with Gasteiger partial charge in [-0.3, -0.25) is 9.59 Å². The van der Waals surface area contributed by atoms with Gasteiger partial charge in [0.15, 0.2) is 0 Å². The minimum absolute atomic E-state index is 0.730. The molecule has 5 atom stereocenters. The quantitative estimate of drug-likeness (QED) is 0.183. The van der Waals surface area contributed by atoms with Gasteiger partial charge in [0.25, 0.3) is 0 Å². The molecule has 12 nitrogen and oxygen atoms in total. The second kappa shape index (κ2) is 15.2. The lowest BCUT2D eigenvalue weighted by Gasteiger charge is -2.32. The molecule has 2 heterocycles. The molecule has 0 aromatic carbocycles. The average Bonchev–Trinajstić information content (AvgIpc) is 2.54. The smallest absolute Gasteiger partial charge is 0.372 e. The Labute approximate surface area is 168 Å². The van der Waals surface area contributed by atoms with Gasteiger partial charge in [-0.15, -0.1) is 0 Å². The molecule has 170 valence electrons. The van der Waals surface area contributed by atoms with Gasteiger partial charge in [-0.1, -0.05) is 0 Å². The Hall–Kier alpha value is -1.67. The van der Waals surface area contributed by atoms with E-state index in [1.165, 1.54) is 12.8 Å². The summed E-state index contributed by atoms with van der Waals surface area (Å²) in [6.45, 7) is 4.13. The van der Waals surface area contributed by atoms with Crippen LogP contribution in [0.2, 0.25) is 0 Å². The number of carbonyl (C=O) groups excluding carboxylic acids is 2. The van der Waals surface area contributed by atoms with Crippen molar-refractivity contribution in [3.05, 3.63) is 0 Å². The van der Waals surface area contributed by atoms with Crippen LogP contribution < -0.4 is 5.32 Å². The van der Waals surface area contributed by atoms with Gasteiger partial charge in [0.05, 0.1) is 18.8 Å². The molecule has 0 aliphatic carbocycles. The van der Waals surface area contributed by atoms with Crippen LogP contribution >= 0.6 is 0 Å². The maximum absolute atomic E-state index is 11.0. The molecular formula is C17H31NO11. The Balaban J connectivity index is 0.000000790. The van der Waals surface area contributed by atoms with Gasteiger partial charge in [0.1, 0.15) is 18.3 Å². The Morgan fingerprint density at radius 1 is 0.897 bits per heavy atom. The highest BCUT2D eigenvalue weighted by molar-refractivity contribution is 6.32. The zero-order chi connectivity index (χ0) is 22.4. The number of aliphatic hydroxyl groups excluding tert-OH is 5. The molecule has 2 saturated heterocycles. The number of aliphatic carboxylic acids is 1. The zero-order valence-corrected chi connectivity index (χ0v) is 16.3. The maximum Gasteiger partial charge on any atom is 0.372 e. The van der Waals surface area contributed by atoms with Gasteiger partial charge in [0, 0.05) is 39.8 Å². The molecule has 29 heavy (non-hydrogen) atoms. The van der Waals surface area contributed by atoms with E-state index in [0.29, 0.717) is 0 Å². The summed E-state index contributed by atoms with van der Waals surface area (Å²) in [6.07, 6.45) is -5.79. The van der Waals surface area contributed by atoms with Gasteiger partial charge < -0.3 is 45.4 Å². The van der Waals surface area contributed by atoms with Crippen LogP contribution in [0.15, 0.2) is 0 Å². The van der Waals surface area contributed by atoms with Crippen molar-refractivity contribution in [3.8, 4) is 0 Å². The third-order valence-corrected chi connectivity index (χ3v) is 3.87. The van der Waals surface area contributed by atoms with Crippen molar-refractivity contribution in [2.24, 2.45) is 0 Å². The van der Waals surface area contributed by atoms with Crippen molar-refractivity contribution in [3.63, 3.8) is 0 Å². The fourth-order valence-corrected chi connectivity index (χ4v) is 1.88. The van der Waals surface area contributed by atoms with Crippen molar-refractivity contribution in [2.75, 3.05) is 33.0 Å². The van der Waals surface area contributed by atoms with Crippen molar-refractivity contribution in [1.82, 2.24) is 5.32 Å². The van der Waals surface area contributed by atoms with Crippen LogP contribution in [-0.4, -0.2) is 112 Å². The van der Waals surface area contributed by atoms with Gasteiger partial charge >= 0.3 is 5.97 Å². The third-order valence-electron chi connectivity index (χ3n) is 3.87. The van der Waals surface area contributed by atoms with E-state index < -0.39 is 61.1 Å². The number of amides is 1. The van der Waals surface area contributed by atoms with Crippen LogP contribution in [0.1, 0.15) is 26.2 Å². The number of nitrogens with one attached hydrogen (secondary N) is 1. The summed E-state index contributed by atoms with van der Waals surface area (Å²) in [6, 6.07) is -1.61. The molecule has 0 unspecified atom stereocenters. The summed E-state index contributed by atoms with van der Waals surface area (Å²) in [5.41, 5.74) is 0. The molecule has 0 aromatic rings. The molecule has 1 amide bonds. The van der Waals surface area contributed by atoms with E-state index in [1.807, 2.05) is 5.32 Å². The standard InChI is InChI=1S/C11H19NO9.2C3H6O/c1-4(14)12-8(5(15)2-6(16)11(20)21)10(19)9(18)7(17)3-13;2*1-2-4-3-1/h5,7-10,13,15,17-19H,2-3H2,1H3,(H,12,14)(H,20,21);2*1-3H2/t5-,7+,8+,9+,10+;;/m0../s1. The largest absolute Gasteiger partial charge is 0.475 e. The number of carboxylic acids is 1. The molecule has 2 aliphatic rings. The Kier molecular flexibility index (Phi) is 14.3. The Morgan fingerprint density at radius 2 is 1.31 bits per heavy atom. The van der Waals surface area contributed by atoms with E-state index >= 15 is 0 Å². The summed E-state index contributed by atoms with van der Waals surface area (Å²) >= 11 is 0. The molecule has 0 bridgehead atoms. The van der Waals surface area contributed by atoms with Crippen molar-refractivity contribution in [1.29, 1.82) is 0 Å². The van der Waals surface area contributed by atoms with E-state index in [-0.39, 0.29) is 0 Å². The fourth-order valence-electron chi connectivity index (χ4n) is 1.88. The number of ketones is 1. The molecule has 0 aromatic heterocycles. The number of ether oxygens (including phenoxy) is 2. The van der Waals surface area contributed by atoms with Crippen LogP contribution in [0.25, 0.3) is 0 Å². The number of hydrogen-bond donors (Lipinski definition) is 7. The second-order valence-electron chi connectivity index (χ2n) is 6.39. The van der Waals surface area contributed by atoms with Crippen LogP contribution in [0, 0.1) is 0 Å². The van der Waals surface area contributed by atoms with Gasteiger partial charge in [-0.25, -0.2) is 4.79 Å². The van der Waals surface area contributed by atoms with Crippen LogP contribution in [0.3, 0.4) is 0 Å². The lowest BCUT2D eigenvalue weighted by Crippen LogP contribution is -2.57. The maximum atomic E-state index is 11.0. The van der Waals surface area contributed by atoms with Gasteiger partial charge in [0.2, 0.25) is 11.7 Å². The van der Waals surface area contributed by atoms with Crippen LogP contribution in [-0.2, 0) is 23.9 Å². The van der Waals surface area contributed by atoms with Crippen molar-refractivity contribution < 1.29 is 54.5 Å². The Bertz CT molecular complexity index is 478. The van der Waals surface area contributed by atoms with E-state index in [0.717, 1.165) is 33.4 Å². The monoisotopic (exact) mass is 425 g/mol. The number of rotatable bonds is 9. The second-order valence-corrected chi connectivity index (χ2v) is 6.39. The molecule has 0 radical (unpaired) electrons. The van der Waals surface area contributed by atoms with E-state index in [1.54, 1.807) is 0 Å². The molecule has 2 fully saturated rings. The van der Waals surface area contributed by atoms with Crippen LogP contribution in [0.4, 0.5) is 0 Å². The summed E-state index contributed by atoms with van der Waals surface area (Å²) in [5, 5.41) is 57.4. The van der Waals surface area contributed by atoms with Crippen molar-refractivity contribution >= 4 is 17.7 Å². The third kappa shape index (κ3) is 11.8. The minimum atomic E-state index is -1.94. The minimum Gasteiger partial charge on any atom is -0.475 e. The zero-order valence-electron chi connectivity index (χ0n) is 16.3. The topological polar surface area (TPSA) is 203 Å². The molecule has 2 aliphatic heterocycles. The first-order chi connectivity index (χ1) is 13.6. The Morgan fingerprint density at radius 3 is 1.59 bits per heavy atom. The number of hydrogen-bond acceptors (Lipinski definition) is 10. The fraction of sp³-hybridized carbons (Fsp3) is 0.824. The highest BCUT2D eigenvalue weighted by atomic mass is 16.5. The SMILES string of the molecule is C1COC1.C1COC1.CC(=O)N[C@@H]([C@@H](O)[C@H](O)[C@H](O)CO)[C@@H](O)CC(=O)C(=O)O. The summed E-state index contributed by atoms with van der Waals surface area (Å²) in [5.74, 6) is -3.89. The first kappa shape index (κ1) is 27.3. The molecular weight excluding hydrogens is 394 g/mol. The van der Waals surface area contributed by atoms with Crippen molar-refractivity contribution in [2.45, 2.75) is 56.6 Å². The van der Waals surface area contributed by atoms with Gasteiger partial charge in [-0.2, -0.15) is 0 Å². The average molecular weight is 425 g/mol. The number of carboxylic acid groups (broad SMARTS) is 1. The number of carbonyl (C=O) groups is 3.